The van der Waals surface area contributed by atoms with Gasteiger partial charge in [-0.15, -0.1) is 0 Å². The quantitative estimate of drug-likeness (QED) is 0.131. The van der Waals surface area contributed by atoms with E-state index in [4.69, 9.17) is 0 Å². The standard InChI is InChI=1S/C41H68FNO3/c1-4-6-8-10-11-12-13-14-17-21-38(46)43(26-18-9-7-5-2)27-19-15-16-20-31-28-32-29-33(44)22-23-34(32)40-36(42)30-41(3)35(39(31)40)24-25-37(41)45/h22-23,29,31,35-37,39-40,44-45H,4-21,24-28,30H2,1-3H3/t31-,35+,36+,37+,39+,40+,41+/m1/s1. The maximum Gasteiger partial charge on any atom is 0.222 e. The molecule has 7 atom stereocenters. The molecule has 4 nitrogen and oxygen atoms in total. The molecule has 2 fully saturated rings. The number of nitrogens with zero attached hydrogens (tertiary/aromatic N) is 1. The zero-order valence-electron chi connectivity index (χ0n) is 29.8. The van der Waals surface area contributed by atoms with Crippen LogP contribution in [0.25, 0.3) is 0 Å². The molecule has 0 saturated heterocycles. The van der Waals surface area contributed by atoms with Gasteiger partial charge in [-0.2, -0.15) is 0 Å². The van der Waals surface area contributed by atoms with Crippen molar-refractivity contribution < 1.29 is 19.4 Å². The number of phenols is 1. The van der Waals surface area contributed by atoms with Gasteiger partial charge < -0.3 is 15.1 Å². The molecule has 3 aliphatic rings. The smallest absolute Gasteiger partial charge is 0.222 e. The third-order valence-electron chi connectivity index (χ3n) is 12.4. The Bertz CT molecular complexity index is 1050. The summed E-state index contributed by atoms with van der Waals surface area (Å²) in [5, 5.41) is 21.2. The van der Waals surface area contributed by atoms with Crippen LogP contribution >= 0.6 is 0 Å². The fourth-order valence-electron chi connectivity index (χ4n) is 9.75. The number of rotatable bonds is 21. The van der Waals surface area contributed by atoms with Gasteiger partial charge in [-0.3, -0.25) is 4.79 Å². The van der Waals surface area contributed by atoms with E-state index in [1.54, 1.807) is 6.07 Å². The molecule has 0 heterocycles. The number of amides is 1. The second-order valence-electron chi connectivity index (χ2n) is 15.7. The zero-order valence-corrected chi connectivity index (χ0v) is 29.8. The van der Waals surface area contributed by atoms with Crippen LogP contribution in [-0.4, -0.2) is 46.4 Å². The number of aromatic hydroxyl groups is 1. The topological polar surface area (TPSA) is 60.8 Å². The lowest BCUT2D eigenvalue weighted by Crippen LogP contribution is -2.51. The Morgan fingerprint density at radius 1 is 0.870 bits per heavy atom. The van der Waals surface area contributed by atoms with Crippen LogP contribution in [0.2, 0.25) is 0 Å². The van der Waals surface area contributed by atoms with E-state index in [0.29, 0.717) is 30.6 Å². The molecule has 0 spiro atoms. The second kappa shape index (κ2) is 18.8. The van der Waals surface area contributed by atoms with Crippen molar-refractivity contribution >= 4 is 5.91 Å². The lowest BCUT2D eigenvalue weighted by atomic mass is 9.51. The van der Waals surface area contributed by atoms with E-state index in [-0.39, 0.29) is 23.0 Å². The van der Waals surface area contributed by atoms with E-state index in [2.05, 4.69) is 25.7 Å². The number of benzene rings is 1. The zero-order chi connectivity index (χ0) is 32.9. The number of phenolic OH excluding ortho intramolecular Hbond substituents is 1. The highest BCUT2D eigenvalue weighted by atomic mass is 19.1. The van der Waals surface area contributed by atoms with Gasteiger partial charge in [0, 0.05) is 25.4 Å². The van der Waals surface area contributed by atoms with Crippen LogP contribution in [0.3, 0.4) is 0 Å². The number of aliphatic hydroxyl groups excluding tert-OH is 1. The molecule has 1 aromatic carbocycles. The largest absolute Gasteiger partial charge is 0.508 e. The summed E-state index contributed by atoms with van der Waals surface area (Å²) >= 11 is 0. The van der Waals surface area contributed by atoms with Crippen molar-refractivity contribution in [2.75, 3.05) is 13.1 Å². The maximum absolute atomic E-state index is 16.1. The van der Waals surface area contributed by atoms with Crippen LogP contribution in [0.4, 0.5) is 4.39 Å². The summed E-state index contributed by atoms with van der Waals surface area (Å²) in [4.78, 5) is 15.4. The minimum Gasteiger partial charge on any atom is -0.508 e. The average molecular weight is 642 g/mol. The van der Waals surface area contributed by atoms with Gasteiger partial charge in [0.2, 0.25) is 5.91 Å². The van der Waals surface area contributed by atoms with Crippen LogP contribution in [0.15, 0.2) is 18.2 Å². The summed E-state index contributed by atoms with van der Waals surface area (Å²) in [6.07, 6.45) is 22.9. The van der Waals surface area contributed by atoms with Gasteiger partial charge in [0.1, 0.15) is 11.9 Å². The first-order valence-electron chi connectivity index (χ1n) is 19.7. The van der Waals surface area contributed by atoms with Gasteiger partial charge in [0.15, 0.2) is 0 Å². The molecule has 1 aromatic rings. The van der Waals surface area contributed by atoms with Crippen LogP contribution < -0.4 is 0 Å². The van der Waals surface area contributed by atoms with E-state index >= 15 is 4.39 Å². The van der Waals surface area contributed by atoms with Gasteiger partial charge in [-0.05, 0) is 97.8 Å². The molecular weight excluding hydrogens is 573 g/mol. The number of hydrogen-bond donors (Lipinski definition) is 2. The molecule has 0 unspecified atom stereocenters. The van der Waals surface area contributed by atoms with Gasteiger partial charge in [0.05, 0.1) is 6.10 Å². The Labute approximate surface area is 281 Å². The number of carbonyl (C=O) groups excluding carboxylic acids is 1. The number of unbranched alkanes of at least 4 members (excludes halogenated alkanes) is 13. The lowest BCUT2D eigenvalue weighted by Gasteiger charge is -2.54. The highest BCUT2D eigenvalue weighted by Crippen LogP contribution is 2.63. The summed E-state index contributed by atoms with van der Waals surface area (Å²) in [5.41, 5.74) is 1.89. The average Bonchev–Trinajstić information content (AvgIpc) is 3.33. The fraction of sp³-hybridized carbons (Fsp3) is 0.829. The normalized spacial score (nSPS) is 28.5. The van der Waals surface area contributed by atoms with Crippen molar-refractivity contribution in [1.29, 1.82) is 0 Å². The predicted molar refractivity (Wildman–Crippen MR) is 189 cm³/mol. The third kappa shape index (κ3) is 9.73. The molecule has 0 aromatic heterocycles. The summed E-state index contributed by atoms with van der Waals surface area (Å²) in [6.45, 7) is 8.39. The minimum absolute atomic E-state index is 0.130. The molecule has 46 heavy (non-hydrogen) atoms. The Morgan fingerprint density at radius 3 is 2.15 bits per heavy atom. The van der Waals surface area contributed by atoms with Gasteiger partial charge in [0.25, 0.3) is 0 Å². The molecular formula is C41H68FNO3. The Hall–Kier alpha value is -1.62. The van der Waals surface area contributed by atoms with Crippen LogP contribution in [0.5, 0.6) is 5.75 Å². The monoisotopic (exact) mass is 642 g/mol. The van der Waals surface area contributed by atoms with E-state index in [9.17, 15) is 15.0 Å². The van der Waals surface area contributed by atoms with E-state index in [0.717, 1.165) is 82.0 Å². The highest BCUT2D eigenvalue weighted by molar-refractivity contribution is 5.76. The molecule has 3 aliphatic carbocycles. The fourth-order valence-corrected chi connectivity index (χ4v) is 9.75. The third-order valence-corrected chi connectivity index (χ3v) is 12.4. The van der Waals surface area contributed by atoms with E-state index in [1.807, 2.05) is 12.1 Å². The SMILES string of the molecule is CCCCCCCCCCCC(=O)N(CCCCCC)CCCCC[C@@H]1Cc2cc(O)ccc2[C@@H]2[C@@H]1[C@@H]1CC[C@H](O)[C@@]1(C)C[C@@H]2F. The van der Waals surface area contributed by atoms with Crippen LogP contribution in [0, 0.1) is 23.2 Å². The lowest BCUT2D eigenvalue weighted by molar-refractivity contribution is -0.131. The molecule has 0 aliphatic heterocycles. The Morgan fingerprint density at radius 2 is 1.48 bits per heavy atom. The number of hydrogen-bond acceptors (Lipinski definition) is 3. The second-order valence-corrected chi connectivity index (χ2v) is 15.7. The molecule has 2 saturated carbocycles. The summed E-state index contributed by atoms with van der Waals surface area (Å²) in [7, 11) is 0. The number of fused-ring (bicyclic) bond motifs is 5. The number of alkyl halides is 1. The van der Waals surface area contributed by atoms with Gasteiger partial charge in [-0.1, -0.05) is 110 Å². The highest BCUT2D eigenvalue weighted by Gasteiger charge is 2.59. The molecule has 1 amide bonds. The minimum atomic E-state index is -0.955. The summed E-state index contributed by atoms with van der Waals surface area (Å²) < 4.78 is 16.1. The Balaban J connectivity index is 1.27. The number of halogens is 1. The molecule has 0 bridgehead atoms. The molecule has 4 rings (SSSR count). The van der Waals surface area contributed by atoms with Gasteiger partial charge >= 0.3 is 0 Å². The molecule has 262 valence electrons. The number of carbonyl (C=O) groups is 1. The van der Waals surface area contributed by atoms with Crippen molar-refractivity contribution in [3.8, 4) is 5.75 Å². The molecule has 0 radical (unpaired) electrons. The summed E-state index contributed by atoms with van der Waals surface area (Å²) in [6, 6.07) is 5.57. The number of aliphatic hydroxyl groups is 1. The van der Waals surface area contributed by atoms with Crippen molar-refractivity contribution in [2.45, 2.75) is 180 Å². The van der Waals surface area contributed by atoms with Crippen molar-refractivity contribution in [2.24, 2.45) is 23.2 Å². The van der Waals surface area contributed by atoms with E-state index < -0.39 is 12.3 Å². The first-order valence-corrected chi connectivity index (χ1v) is 19.7. The summed E-state index contributed by atoms with van der Waals surface area (Å²) in [5.74, 6) is 1.45. The van der Waals surface area contributed by atoms with Crippen LogP contribution in [0.1, 0.15) is 173 Å². The first kappa shape index (κ1) is 37.2. The molecule has 2 N–H and O–H groups in total. The van der Waals surface area contributed by atoms with Crippen molar-refractivity contribution in [1.82, 2.24) is 4.90 Å². The van der Waals surface area contributed by atoms with E-state index in [1.165, 1.54) is 70.6 Å². The molecule has 5 heteroatoms. The maximum atomic E-state index is 16.1. The Kier molecular flexibility index (Phi) is 15.2. The predicted octanol–water partition coefficient (Wildman–Crippen LogP) is 10.7. The van der Waals surface area contributed by atoms with Crippen molar-refractivity contribution in [3.63, 3.8) is 0 Å². The van der Waals surface area contributed by atoms with Crippen LogP contribution in [-0.2, 0) is 11.2 Å². The van der Waals surface area contributed by atoms with Gasteiger partial charge in [-0.25, -0.2) is 4.39 Å². The van der Waals surface area contributed by atoms with Crippen molar-refractivity contribution in [3.05, 3.63) is 29.3 Å². The first-order chi connectivity index (χ1) is 22.3.